The van der Waals surface area contributed by atoms with Crippen molar-refractivity contribution in [3.63, 3.8) is 0 Å². The average Bonchev–Trinajstić information content (AvgIpc) is 2.87. The number of amides is 1. The molecule has 2 bridgehead atoms. The van der Waals surface area contributed by atoms with Gasteiger partial charge in [-0.1, -0.05) is 0 Å². The average molecular weight is 442 g/mol. The molecule has 1 amide bonds. The SMILES string of the molecule is O=C(O)NC1CC2CC[C@H](C1)N2S(=O)(=O)CC1CCN(CCCC(F)(F)F)CC1. The molecule has 3 heterocycles. The zero-order valence-corrected chi connectivity index (χ0v) is 17.2. The standard InChI is InChI=1S/C18H30F3N3O4S/c19-18(20,21)6-1-7-23-8-4-13(5-9-23)12-29(27,28)24-15-2-3-16(24)11-14(10-15)22-17(25)26/h13-16,22H,1-12H2,(H,25,26)/t14?,15-,16?/m1/s1. The summed E-state index contributed by atoms with van der Waals surface area (Å²) in [5, 5.41) is 11.4. The molecular weight excluding hydrogens is 411 g/mol. The number of halogens is 3. The summed E-state index contributed by atoms with van der Waals surface area (Å²) >= 11 is 0. The van der Waals surface area contributed by atoms with Crippen LogP contribution in [0.25, 0.3) is 0 Å². The predicted octanol–water partition coefficient (Wildman–Crippen LogP) is 2.63. The molecule has 0 radical (unpaired) electrons. The molecule has 7 nitrogen and oxygen atoms in total. The second kappa shape index (κ2) is 8.97. The number of fused-ring (bicyclic) bond motifs is 2. The van der Waals surface area contributed by atoms with Crippen LogP contribution in [0.1, 0.15) is 51.4 Å². The van der Waals surface area contributed by atoms with Crippen molar-refractivity contribution < 1.29 is 31.5 Å². The largest absolute Gasteiger partial charge is 0.465 e. The Hall–Kier alpha value is -1.07. The third-order valence-corrected chi connectivity index (χ3v) is 8.53. The van der Waals surface area contributed by atoms with E-state index in [1.165, 1.54) is 0 Å². The van der Waals surface area contributed by atoms with E-state index in [1.54, 1.807) is 4.31 Å². The van der Waals surface area contributed by atoms with E-state index in [0.717, 1.165) is 12.8 Å². The van der Waals surface area contributed by atoms with E-state index >= 15 is 0 Å². The number of nitrogens with zero attached hydrogens (tertiary/aromatic N) is 2. The van der Waals surface area contributed by atoms with E-state index in [4.69, 9.17) is 5.11 Å². The summed E-state index contributed by atoms with van der Waals surface area (Å²) in [7, 11) is -3.43. The molecule has 0 aromatic rings. The van der Waals surface area contributed by atoms with Gasteiger partial charge in [-0.15, -0.1) is 0 Å². The summed E-state index contributed by atoms with van der Waals surface area (Å²) in [4.78, 5) is 12.9. The van der Waals surface area contributed by atoms with Crippen molar-refractivity contribution in [1.29, 1.82) is 0 Å². The van der Waals surface area contributed by atoms with Gasteiger partial charge in [0.1, 0.15) is 0 Å². The number of nitrogens with one attached hydrogen (secondary N) is 1. The van der Waals surface area contributed by atoms with Crippen LogP contribution in [-0.4, -0.2) is 78.5 Å². The molecular formula is C18H30F3N3O4S. The number of hydrogen-bond acceptors (Lipinski definition) is 4. The molecule has 0 saturated carbocycles. The van der Waals surface area contributed by atoms with Crippen LogP contribution in [0.3, 0.4) is 0 Å². The van der Waals surface area contributed by atoms with Crippen LogP contribution in [0.15, 0.2) is 0 Å². The number of alkyl halides is 3. The van der Waals surface area contributed by atoms with Gasteiger partial charge in [0, 0.05) is 24.5 Å². The number of piperidine rings is 2. The third-order valence-electron chi connectivity index (χ3n) is 6.40. The molecule has 3 aliphatic rings. The number of hydrogen-bond donors (Lipinski definition) is 2. The van der Waals surface area contributed by atoms with Gasteiger partial charge in [0.25, 0.3) is 0 Å². The molecule has 0 spiro atoms. The first kappa shape index (κ1) is 22.6. The lowest BCUT2D eigenvalue weighted by molar-refractivity contribution is -0.136. The Morgan fingerprint density at radius 1 is 1.07 bits per heavy atom. The minimum Gasteiger partial charge on any atom is -0.465 e. The summed E-state index contributed by atoms with van der Waals surface area (Å²) in [6.45, 7) is 1.66. The number of carboxylic acid groups (broad SMARTS) is 1. The molecule has 0 aromatic heterocycles. The van der Waals surface area contributed by atoms with Crippen LogP contribution < -0.4 is 5.32 Å². The van der Waals surface area contributed by atoms with Gasteiger partial charge in [0.15, 0.2) is 0 Å². The molecule has 2 unspecified atom stereocenters. The molecule has 3 saturated heterocycles. The monoisotopic (exact) mass is 441 g/mol. The van der Waals surface area contributed by atoms with Gasteiger partial charge in [-0.3, -0.25) is 0 Å². The summed E-state index contributed by atoms with van der Waals surface area (Å²) in [5.41, 5.74) is 0. The highest BCUT2D eigenvalue weighted by Crippen LogP contribution is 2.39. The van der Waals surface area contributed by atoms with E-state index in [-0.39, 0.29) is 36.2 Å². The first-order valence-corrected chi connectivity index (χ1v) is 11.9. The highest BCUT2D eigenvalue weighted by Gasteiger charge is 2.47. The summed E-state index contributed by atoms with van der Waals surface area (Å²) in [6, 6.07) is -0.479. The van der Waals surface area contributed by atoms with Gasteiger partial charge in [-0.2, -0.15) is 17.5 Å². The van der Waals surface area contributed by atoms with Crippen molar-refractivity contribution in [2.75, 3.05) is 25.4 Å². The Kier molecular flexibility index (Phi) is 6.99. The Balaban J connectivity index is 1.47. The Labute approximate surface area is 169 Å². The van der Waals surface area contributed by atoms with Gasteiger partial charge in [-0.25, -0.2) is 13.2 Å². The molecule has 29 heavy (non-hydrogen) atoms. The van der Waals surface area contributed by atoms with Crippen molar-refractivity contribution in [2.24, 2.45) is 5.92 Å². The maximum atomic E-state index is 13.1. The summed E-state index contributed by atoms with van der Waals surface area (Å²) in [6.07, 6.45) is -1.99. The first-order chi connectivity index (χ1) is 13.5. The van der Waals surface area contributed by atoms with Crippen molar-refractivity contribution in [1.82, 2.24) is 14.5 Å². The summed E-state index contributed by atoms with van der Waals surface area (Å²) < 4.78 is 64.5. The van der Waals surface area contributed by atoms with Crippen LogP contribution >= 0.6 is 0 Å². The number of likely N-dealkylation sites (tertiary alicyclic amines) is 1. The van der Waals surface area contributed by atoms with Crippen LogP contribution in [0.2, 0.25) is 0 Å². The lowest BCUT2D eigenvalue weighted by Crippen LogP contribution is -2.53. The molecule has 3 fully saturated rings. The van der Waals surface area contributed by atoms with Crippen molar-refractivity contribution in [2.45, 2.75) is 75.7 Å². The van der Waals surface area contributed by atoms with Crippen molar-refractivity contribution in [3.8, 4) is 0 Å². The molecule has 2 N–H and O–H groups in total. The number of carbonyl (C=O) groups is 1. The van der Waals surface area contributed by atoms with Gasteiger partial charge >= 0.3 is 12.3 Å². The van der Waals surface area contributed by atoms with Crippen molar-refractivity contribution >= 4 is 16.1 Å². The third kappa shape index (κ3) is 6.21. The fourth-order valence-corrected chi connectivity index (χ4v) is 7.54. The highest BCUT2D eigenvalue weighted by molar-refractivity contribution is 7.89. The molecule has 168 valence electrons. The van der Waals surface area contributed by atoms with Crippen LogP contribution in [0.4, 0.5) is 18.0 Å². The molecule has 0 aliphatic carbocycles. The van der Waals surface area contributed by atoms with Crippen molar-refractivity contribution in [3.05, 3.63) is 0 Å². The maximum Gasteiger partial charge on any atom is 0.404 e. The van der Waals surface area contributed by atoms with Gasteiger partial charge in [0.05, 0.1) is 5.75 Å². The quantitative estimate of drug-likeness (QED) is 0.634. The van der Waals surface area contributed by atoms with E-state index in [9.17, 15) is 26.4 Å². The Morgan fingerprint density at radius 3 is 2.17 bits per heavy atom. The topological polar surface area (TPSA) is 90.0 Å². The van der Waals surface area contributed by atoms with Crippen LogP contribution in [-0.2, 0) is 10.0 Å². The van der Waals surface area contributed by atoms with Crippen LogP contribution in [0.5, 0.6) is 0 Å². The summed E-state index contributed by atoms with van der Waals surface area (Å²) in [5.74, 6) is 0.0982. The maximum absolute atomic E-state index is 13.1. The lowest BCUT2D eigenvalue weighted by atomic mass is 9.99. The van der Waals surface area contributed by atoms with Crippen LogP contribution in [0, 0.1) is 5.92 Å². The van der Waals surface area contributed by atoms with Gasteiger partial charge < -0.3 is 15.3 Å². The van der Waals surface area contributed by atoms with E-state index in [1.807, 2.05) is 4.90 Å². The van der Waals surface area contributed by atoms with E-state index in [0.29, 0.717) is 45.3 Å². The predicted molar refractivity (Wildman–Crippen MR) is 101 cm³/mol. The van der Waals surface area contributed by atoms with E-state index in [2.05, 4.69) is 5.32 Å². The second-order valence-electron chi connectivity index (χ2n) is 8.62. The normalized spacial score (nSPS) is 29.8. The minimum atomic E-state index is -4.13. The first-order valence-electron chi connectivity index (χ1n) is 10.3. The zero-order valence-electron chi connectivity index (χ0n) is 16.4. The molecule has 3 aliphatic heterocycles. The highest BCUT2D eigenvalue weighted by atomic mass is 32.2. The Bertz CT molecular complexity index is 666. The van der Waals surface area contributed by atoms with E-state index < -0.39 is 28.7 Å². The molecule has 0 aromatic carbocycles. The molecule has 3 rings (SSSR count). The second-order valence-corrected chi connectivity index (χ2v) is 10.5. The minimum absolute atomic E-state index is 0.0214. The fraction of sp³-hybridized carbons (Fsp3) is 0.944. The molecule has 3 atom stereocenters. The Morgan fingerprint density at radius 2 is 1.66 bits per heavy atom. The number of sulfonamides is 1. The van der Waals surface area contributed by atoms with Gasteiger partial charge in [-0.05, 0) is 70.5 Å². The number of rotatable bonds is 7. The molecule has 11 heteroatoms. The lowest BCUT2D eigenvalue weighted by Gasteiger charge is -2.39. The van der Waals surface area contributed by atoms with Gasteiger partial charge in [0.2, 0.25) is 10.0 Å². The smallest absolute Gasteiger partial charge is 0.404 e. The zero-order chi connectivity index (χ0) is 21.2. The fourth-order valence-electron chi connectivity index (χ4n) is 5.14.